The van der Waals surface area contributed by atoms with Crippen LogP contribution in [-0.2, 0) is 11.0 Å². The predicted molar refractivity (Wildman–Crippen MR) is 122 cm³/mol. The molecule has 4 rings (SSSR count). The monoisotopic (exact) mass is 490 g/mol. The molecule has 178 valence electrons. The van der Waals surface area contributed by atoms with Crippen LogP contribution in [0.4, 0.5) is 19.0 Å². The average Bonchev–Trinajstić information content (AvgIpc) is 2.84. The lowest BCUT2D eigenvalue weighted by molar-refractivity contribution is -0.137. The number of nitrogens with one attached hydrogen (secondary N) is 1. The molecule has 0 radical (unpaired) electrons. The van der Waals surface area contributed by atoms with E-state index in [-0.39, 0.29) is 17.6 Å². The third-order valence-electron chi connectivity index (χ3n) is 5.63. The van der Waals surface area contributed by atoms with Gasteiger partial charge in [-0.2, -0.15) is 13.2 Å². The number of aromatic nitrogens is 4. The lowest BCUT2D eigenvalue weighted by atomic mass is 10.0. The standard InChI is InChI=1S/C23H22ClF3N6O/c1-2-20(34)31-15-6-9-33(10-7-15)19-13-30-22(18-4-3-14(11-29-18)23(25,26)27)21(32-19)16-5-8-28-12-17(16)24/h3-5,8,11-13,15H,2,6-7,9-10H2,1H3,(H,31,34). The van der Waals surface area contributed by atoms with Gasteiger partial charge in [-0.15, -0.1) is 0 Å². The summed E-state index contributed by atoms with van der Waals surface area (Å²) in [5.41, 5.74) is 0.667. The topological polar surface area (TPSA) is 83.9 Å². The number of alkyl halides is 3. The third kappa shape index (κ3) is 5.27. The SMILES string of the molecule is CCC(=O)NC1CCN(c2cnc(-c3ccc(C(F)(F)F)cn3)c(-c3ccncc3Cl)n2)CC1. The van der Waals surface area contributed by atoms with Crippen molar-refractivity contribution in [2.45, 2.75) is 38.4 Å². The largest absolute Gasteiger partial charge is 0.417 e. The molecule has 0 atom stereocenters. The Kier molecular flexibility index (Phi) is 6.97. The molecule has 11 heteroatoms. The van der Waals surface area contributed by atoms with Gasteiger partial charge in [0, 0.05) is 49.7 Å². The van der Waals surface area contributed by atoms with E-state index in [2.05, 4.69) is 25.2 Å². The van der Waals surface area contributed by atoms with E-state index < -0.39 is 11.7 Å². The minimum absolute atomic E-state index is 0.0289. The fraction of sp³-hybridized carbons (Fsp3) is 0.348. The first-order chi connectivity index (χ1) is 16.3. The summed E-state index contributed by atoms with van der Waals surface area (Å²) in [4.78, 5) is 31.0. The Bertz CT molecular complexity index is 1160. The maximum absolute atomic E-state index is 13.0. The number of carbonyl (C=O) groups is 1. The van der Waals surface area contributed by atoms with E-state index in [0.29, 0.717) is 47.3 Å². The highest BCUT2D eigenvalue weighted by Gasteiger charge is 2.31. The number of piperidine rings is 1. The molecule has 3 aromatic heterocycles. The summed E-state index contributed by atoms with van der Waals surface area (Å²) in [7, 11) is 0. The molecule has 0 aromatic carbocycles. The minimum Gasteiger partial charge on any atom is -0.355 e. The van der Waals surface area contributed by atoms with Gasteiger partial charge >= 0.3 is 6.18 Å². The fourth-order valence-corrected chi connectivity index (χ4v) is 3.97. The molecule has 0 aliphatic carbocycles. The maximum Gasteiger partial charge on any atom is 0.417 e. The van der Waals surface area contributed by atoms with Gasteiger partial charge in [0.05, 0.1) is 22.5 Å². The molecule has 0 unspecified atom stereocenters. The van der Waals surface area contributed by atoms with Crippen molar-refractivity contribution in [1.29, 1.82) is 0 Å². The summed E-state index contributed by atoms with van der Waals surface area (Å²) in [6, 6.07) is 4.02. The van der Waals surface area contributed by atoms with Crippen molar-refractivity contribution in [2.24, 2.45) is 0 Å². The second kappa shape index (κ2) is 9.92. The Hall–Kier alpha value is -3.27. The van der Waals surface area contributed by atoms with Gasteiger partial charge in [-0.3, -0.25) is 14.8 Å². The highest BCUT2D eigenvalue weighted by Crippen LogP contribution is 2.35. The lowest BCUT2D eigenvalue weighted by Gasteiger charge is -2.33. The highest BCUT2D eigenvalue weighted by molar-refractivity contribution is 6.33. The molecule has 1 aliphatic heterocycles. The van der Waals surface area contributed by atoms with Crippen LogP contribution in [0.5, 0.6) is 0 Å². The van der Waals surface area contributed by atoms with E-state index in [0.717, 1.165) is 25.1 Å². The highest BCUT2D eigenvalue weighted by atomic mass is 35.5. The van der Waals surface area contributed by atoms with Crippen LogP contribution in [-0.4, -0.2) is 45.0 Å². The number of halogens is 4. The van der Waals surface area contributed by atoms with Crippen molar-refractivity contribution in [3.63, 3.8) is 0 Å². The molecular weight excluding hydrogens is 469 g/mol. The number of hydrogen-bond acceptors (Lipinski definition) is 6. The van der Waals surface area contributed by atoms with E-state index in [4.69, 9.17) is 16.6 Å². The van der Waals surface area contributed by atoms with Gasteiger partial charge in [0.2, 0.25) is 5.91 Å². The number of nitrogens with zero attached hydrogens (tertiary/aromatic N) is 5. The van der Waals surface area contributed by atoms with Crippen molar-refractivity contribution < 1.29 is 18.0 Å². The van der Waals surface area contributed by atoms with Crippen LogP contribution in [0.25, 0.3) is 22.6 Å². The van der Waals surface area contributed by atoms with Crippen molar-refractivity contribution in [1.82, 2.24) is 25.3 Å². The van der Waals surface area contributed by atoms with Crippen molar-refractivity contribution in [3.05, 3.63) is 53.6 Å². The molecular formula is C23H22ClF3N6O. The van der Waals surface area contributed by atoms with Crippen molar-refractivity contribution >= 4 is 23.3 Å². The summed E-state index contributed by atoms with van der Waals surface area (Å²) in [5, 5.41) is 3.35. The van der Waals surface area contributed by atoms with E-state index in [1.165, 1.54) is 12.3 Å². The Balaban J connectivity index is 1.66. The summed E-state index contributed by atoms with van der Waals surface area (Å²) in [6.07, 6.45) is 2.87. The number of hydrogen-bond donors (Lipinski definition) is 1. The van der Waals surface area contributed by atoms with Crippen LogP contribution < -0.4 is 10.2 Å². The zero-order chi connectivity index (χ0) is 24.3. The molecule has 7 nitrogen and oxygen atoms in total. The number of rotatable bonds is 5. The van der Waals surface area contributed by atoms with Crippen LogP contribution >= 0.6 is 11.6 Å². The number of carbonyl (C=O) groups excluding carboxylic acids is 1. The van der Waals surface area contributed by atoms with Crippen LogP contribution in [0.1, 0.15) is 31.7 Å². The smallest absolute Gasteiger partial charge is 0.355 e. The molecule has 1 aliphatic rings. The summed E-state index contributed by atoms with van der Waals surface area (Å²) < 4.78 is 38.9. The summed E-state index contributed by atoms with van der Waals surface area (Å²) in [6.45, 7) is 3.16. The maximum atomic E-state index is 13.0. The van der Waals surface area contributed by atoms with Gasteiger partial charge in [0.1, 0.15) is 17.2 Å². The second-order valence-corrected chi connectivity index (χ2v) is 8.30. The summed E-state index contributed by atoms with van der Waals surface area (Å²) in [5.74, 6) is 0.639. The molecule has 34 heavy (non-hydrogen) atoms. The Morgan fingerprint density at radius 3 is 2.50 bits per heavy atom. The molecule has 0 saturated carbocycles. The third-order valence-corrected chi connectivity index (χ3v) is 5.93. The molecule has 0 bridgehead atoms. The molecule has 3 aromatic rings. The Morgan fingerprint density at radius 1 is 1.12 bits per heavy atom. The number of anilines is 1. The van der Waals surface area contributed by atoms with Gasteiger partial charge < -0.3 is 10.2 Å². The second-order valence-electron chi connectivity index (χ2n) is 7.89. The van der Waals surface area contributed by atoms with Gasteiger partial charge in [0.25, 0.3) is 0 Å². The number of pyridine rings is 2. The first-order valence-corrected chi connectivity index (χ1v) is 11.2. The van der Waals surface area contributed by atoms with E-state index in [1.807, 2.05) is 6.92 Å². The lowest BCUT2D eigenvalue weighted by Crippen LogP contribution is -2.44. The van der Waals surface area contributed by atoms with Crippen LogP contribution in [0, 0.1) is 0 Å². The van der Waals surface area contributed by atoms with Gasteiger partial charge in [-0.1, -0.05) is 18.5 Å². The summed E-state index contributed by atoms with van der Waals surface area (Å²) >= 11 is 6.37. The normalized spacial score (nSPS) is 14.8. The molecule has 1 saturated heterocycles. The van der Waals surface area contributed by atoms with Crippen LogP contribution in [0.3, 0.4) is 0 Å². The van der Waals surface area contributed by atoms with Gasteiger partial charge in [-0.05, 0) is 31.0 Å². The van der Waals surface area contributed by atoms with Crippen LogP contribution in [0.2, 0.25) is 5.02 Å². The number of amides is 1. The zero-order valence-electron chi connectivity index (χ0n) is 18.3. The molecule has 1 N–H and O–H groups in total. The molecule has 0 spiro atoms. The first kappa shape index (κ1) is 23.9. The molecule has 4 heterocycles. The minimum atomic E-state index is -4.49. The fourth-order valence-electron chi connectivity index (χ4n) is 3.76. The van der Waals surface area contributed by atoms with E-state index in [9.17, 15) is 18.0 Å². The van der Waals surface area contributed by atoms with Crippen LogP contribution in [0.15, 0.2) is 43.0 Å². The Morgan fingerprint density at radius 2 is 1.88 bits per heavy atom. The van der Waals surface area contributed by atoms with Gasteiger partial charge in [-0.25, -0.2) is 9.97 Å². The first-order valence-electron chi connectivity index (χ1n) is 10.8. The quantitative estimate of drug-likeness (QED) is 0.554. The predicted octanol–water partition coefficient (Wildman–Crippen LogP) is 4.77. The van der Waals surface area contributed by atoms with Crippen molar-refractivity contribution in [2.75, 3.05) is 18.0 Å². The van der Waals surface area contributed by atoms with Gasteiger partial charge in [0.15, 0.2) is 0 Å². The van der Waals surface area contributed by atoms with Crippen molar-refractivity contribution in [3.8, 4) is 22.6 Å². The van der Waals surface area contributed by atoms with E-state index >= 15 is 0 Å². The molecule has 1 fully saturated rings. The molecule has 1 amide bonds. The Labute approximate surface area is 199 Å². The zero-order valence-corrected chi connectivity index (χ0v) is 19.1. The van der Waals surface area contributed by atoms with E-state index in [1.54, 1.807) is 18.5 Å². The average molecular weight is 491 g/mol.